The first-order valence-corrected chi connectivity index (χ1v) is 10.6. The molecule has 0 spiro atoms. The second kappa shape index (κ2) is 7.90. The molecule has 0 radical (unpaired) electrons. The number of hydrogen-bond acceptors (Lipinski definition) is 3. The Balaban J connectivity index is 1.70. The van der Waals surface area contributed by atoms with Gasteiger partial charge in [0, 0.05) is 30.9 Å². The van der Waals surface area contributed by atoms with Gasteiger partial charge in [-0.3, -0.25) is 4.68 Å². The van der Waals surface area contributed by atoms with Gasteiger partial charge >= 0.3 is 0 Å². The van der Waals surface area contributed by atoms with Crippen molar-refractivity contribution in [2.75, 3.05) is 13.1 Å². The van der Waals surface area contributed by atoms with Crippen molar-refractivity contribution in [3.05, 3.63) is 52.8 Å². The summed E-state index contributed by atoms with van der Waals surface area (Å²) in [5, 5.41) is 4.60. The summed E-state index contributed by atoms with van der Waals surface area (Å²) < 4.78 is 31.5. The van der Waals surface area contributed by atoms with Crippen molar-refractivity contribution in [2.24, 2.45) is 5.92 Å². The minimum Gasteiger partial charge on any atom is -0.265 e. The van der Waals surface area contributed by atoms with E-state index in [9.17, 15) is 8.42 Å². The first-order valence-electron chi connectivity index (χ1n) is 9.18. The average Bonchev–Trinajstić information content (AvgIpc) is 2.87. The Bertz CT molecular complexity index is 846. The molecule has 1 atom stereocenters. The molecule has 1 aromatic carbocycles. The van der Waals surface area contributed by atoms with Gasteiger partial charge in [-0.15, -0.1) is 0 Å². The molecule has 2 aromatic rings. The number of aryl methyl sites for hydroxylation is 1. The van der Waals surface area contributed by atoms with Crippen molar-refractivity contribution in [3.63, 3.8) is 0 Å². The Kier molecular flexibility index (Phi) is 5.79. The van der Waals surface area contributed by atoms with Crippen molar-refractivity contribution in [1.82, 2.24) is 18.8 Å². The zero-order valence-electron chi connectivity index (χ0n) is 15.8. The van der Waals surface area contributed by atoms with E-state index < -0.39 is 10.2 Å². The Hall–Kier alpha value is -1.70. The minimum atomic E-state index is -3.45. The second-order valence-electron chi connectivity index (χ2n) is 7.22. The summed E-state index contributed by atoms with van der Waals surface area (Å²) in [7, 11) is -3.45. The molecule has 0 saturated carbocycles. The number of piperidine rings is 1. The van der Waals surface area contributed by atoms with E-state index in [1.54, 1.807) is 4.31 Å². The number of benzene rings is 1. The summed E-state index contributed by atoms with van der Waals surface area (Å²) >= 11 is 0. The first kappa shape index (κ1) is 19.1. The summed E-state index contributed by atoms with van der Waals surface area (Å²) in [6.45, 7) is 8.19. The number of rotatable bonds is 6. The van der Waals surface area contributed by atoms with Gasteiger partial charge in [-0.25, -0.2) is 0 Å². The summed E-state index contributed by atoms with van der Waals surface area (Å²) in [6.07, 6.45) is 2.02. The van der Waals surface area contributed by atoms with Gasteiger partial charge in [-0.2, -0.15) is 22.5 Å². The van der Waals surface area contributed by atoms with E-state index in [-0.39, 0.29) is 6.54 Å². The van der Waals surface area contributed by atoms with Crippen LogP contribution in [-0.4, -0.2) is 35.6 Å². The maximum atomic E-state index is 12.6. The number of hydrogen-bond donors (Lipinski definition) is 1. The highest BCUT2D eigenvalue weighted by Gasteiger charge is 2.27. The molecular formula is C19H28N4O2S. The Morgan fingerprint density at radius 2 is 1.96 bits per heavy atom. The molecule has 6 nitrogen and oxygen atoms in total. The number of nitrogens with one attached hydrogen (secondary N) is 1. The second-order valence-corrected chi connectivity index (χ2v) is 8.98. The van der Waals surface area contributed by atoms with Crippen LogP contribution in [0.15, 0.2) is 30.3 Å². The molecule has 26 heavy (non-hydrogen) atoms. The van der Waals surface area contributed by atoms with Gasteiger partial charge in [-0.05, 0) is 38.2 Å². The smallest absolute Gasteiger partial charge is 0.265 e. The molecule has 1 saturated heterocycles. The fraction of sp³-hybridized carbons (Fsp3) is 0.526. The van der Waals surface area contributed by atoms with Crippen LogP contribution < -0.4 is 4.72 Å². The summed E-state index contributed by atoms with van der Waals surface area (Å²) in [4.78, 5) is 0. The van der Waals surface area contributed by atoms with Gasteiger partial charge in [0.25, 0.3) is 10.2 Å². The van der Waals surface area contributed by atoms with Crippen LogP contribution in [0.1, 0.15) is 42.3 Å². The Morgan fingerprint density at radius 3 is 2.65 bits per heavy atom. The summed E-state index contributed by atoms with van der Waals surface area (Å²) in [5.74, 6) is 0.414. The molecule has 0 aliphatic carbocycles. The summed E-state index contributed by atoms with van der Waals surface area (Å²) in [6, 6.07) is 10.1. The quantitative estimate of drug-likeness (QED) is 0.843. The molecule has 1 aliphatic rings. The van der Waals surface area contributed by atoms with Gasteiger partial charge < -0.3 is 0 Å². The third-order valence-corrected chi connectivity index (χ3v) is 6.62. The maximum absolute atomic E-state index is 12.6. The Labute approximate surface area is 156 Å². The zero-order valence-corrected chi connectivity index (χ0v) is 16.6. The molecule has 1 N–H and O–H groups in total. The standard InChI is InChI=1S/C19H28N4O2S/c1-15-8-7-11-22(13-15)26(24,25)20-12-19-16(2)21-23(17(19)3)14-18-9-5-4-6-10-18/h4-6,9-10,15,20H,7-8,11-14H2,1-3H3/t15-/m0/s1. The molecule has 7 heteroatoms. The molecule has 0 unspecified atom stereocenters. The number of aromatic nitrogens is 2. The van der Waals surface area contributed by atoms with E-state index >= 15 is 0 Å². The lowest BCUT2D eigenvalue weighted by molar-refractivity contribution is 0.278. The molecule has 0 bridgehead atoms. The van der Waals surface area contributed by atoms with E-state index in [2.05, 4.69) is 28.9 Å². The monoisotopic (exact) mass is 376 g/mol. The molecule has 3 rings (SSSR count). The van der Waals surface area contributed by atoms with Crippen molar-refractivity contribution in [3.8, 4) is 0 Å². The normalized spacial score (nSPS) is 19.0. The minimum absolute atomic E-state index is 0.277. The topological polar surface area (TPSA) is 67.2 Å². The van der Waals surface area contributed by atoms with Gasteiger partial charge in [0.1, 0.15) is 0 Å². The average molecular weight is 377 g/mol. The molecule has 142 valence electrons. The van der Waals surface area contributed by atoms with Crippen LogP contribution in [-0.2, 0) is 23.3 Å². The van der Waals surface area contributed by atoms with E-state index in [1.807, 2.05) is 36.7 Å². The maximum Gasteiger partial charge on any atom is 0.279 e. The van der Waals surface area contributed by atoms with Crippen LogP contribution >= 0.6 is 0 Å². The van der Waals surface area contributed by atoms with Crippen LogP contribution in [0.3, 0.4) is 0 Å². The zero-order chi connectivity index (χ0) is 18.7. The first-order chi connectivity index (χ1) is 12.4. The van der Waals surface area contributed by atoms with Crippen molar-refractivity contribution >= 4 is 10.2 Å². The van der Waals surface area contributed by atoms with Crippen molar-refractivity contribution in [1.29, 1.82) is 0 Å². The van der Waals surface area contributed by atoms with E-state index in [0.29, 0.717) is 25.6 Å². The Morgan fingerprint density at radius 1 is 1.23 bits per heavy atom. The van der Waals surface area contributed by atoms with E-state index in [0.717, 1.165) is 29.8 Å². The third-order valence-electron chi connectivity index (χ3n) is 5.10. The highest BCUT2D eigenvalue weighted by atomic mass is 32.2. The van der Waals surface area contributed by atoms with Crippen molar-refractivity contribution < 1.29 is 8.42 Å². The van der Waals surface area contributed by atoms with Gasteiger partial charge in [0.15, 0.2) is 0 Å². The lowest BCUT2D eigenvalue weighted by Crippen LogP contribution is -2.45. The molecule has 0 amide bonds. The molecule has 1 fully saturated rings. The summed E-state index contributed by atoms with van der Waals surface area (Å²) in [5.41, 5.74) is 4.00. The number of nitrogens with zero attached hydrogens (tertiary/aromatic N) is 3. The van der Waals surface area contributed by atoms with Gasteiger partial charge in [0.2, 0.25) is 0 Å². The molecule has 1 aromatic heterocycles. The SMILES string of the molecule is Cc1nn(Cc2ccccc2)c(C)c1CNS(=O)(=O)N1CCC[C@H](C)C1. The van der Waals surface area contributed by atoms with Crippen molar-refractivity contribution in [2.45, 2.75) is 46.7 Å². The highest BCUT2D eigenvalue weighted by Crippen LogP contribution is 2.19. The van der Waals surface area contributed by atoms with Crippen LogP contribution in [0, 0.1) is 19.8 Å². The lowest BCUT2D eigenvalue weighted by Gasteiger charge is -2.30. The molecule has 1 aliphatic heterocycles. The highest BCUT2D eigenvalue weighted by molar-refractivity contribution is 7.87. The van der Waals surface area contributed by atoms with E-state index in [1.165, 1.54) is 5.56 Å². The van der Waals surface area contributed by atoms with Crippen LogP contribution in [0.2, 0.25) is 0 Å². The predicted molar refractivity (Wildman–Crippen MR) is 103 cm³/mol. The predicted octanol–water partition coefficient (Wildman–Crippen LogP) is 2.61. The fourth-order valence-electron chi connectivity index (χ4n) is 3.52. The van der Waals surface area contributed by atoms with Gasteiger partial charge in [0.05, 0.1) is 12.2 Å². The largest absolute Gasteiger partial charge is 0.279 e. The van der Waals surface area contributed by atoms with E-state index in [4.69, 9.17) is 0 Å². The third kappa shape index (κ3) is 4.34. The van der Waals surface area contributed by atoms with Gasteiger partial charge in [-0.1, -0.05) is 37.3 Å². The van der Waals surface area contributed by atoms with Crippen LogP contribution in [0.5, 0.6) is 0 Å². The fourth-order valence-corrected chi connectivity index (χ4v) is 4.85. The molecule has 2 heterocycles. The van der Waals surface area contributed by atoms with Crippen LogP contribution in [0.4, 0.5) is 0 Å². The molecular weight excluding hydrogens is 348 g/mol. The van der Waals surface area contributed by atoms with Crippen LogP contribution in [0.25, 0.3) is 0 Å². The lowest BCUT2D eigenvalue weighted by atomic mass is 10.0.